The molecule has 0 aliphatic carbocycles. The maximum Gasteiger partial charge on any atom is 0.221 e. The van der Waals surface area contributed by atoms with Crippen LogP contribution in [0.2, 0.25) is 0 Å². The van der Waals surface area contributed by atoms with Crippen LogP contribution < -0.4 is 11.1 Å². The summed E-state index contributed by atoms with van der Waals surface area (Å²) in [5, 5.41) is 2.82. The van der Waals surface area contributed by atoms with Gasteiger partial charge >= 0.3 is 0 Å². The molecule has 0 spiro atoms. The predicted octanol–water partition coefficient (Wildman–Crippen LogP) is 0.757. The lowest BCUT2D eigenvalue weighted by molar-refractivity contribution is -0.122. The first-order chi connectivity index (χ1) is 9.21. The first-order valence-electron chi connectivity index (χ1n) is 6.81. The Morgan fingerprint density at radius 2 is 2.26 bits per heavy atom. The maximum atomic E-state index is 11.7. The molecule has 19 heavy (non-hydrogen) atoms. The third-order valence-corrected chi connectivity index (χ3v) is 3.08. The predicted molar refractivity (Wildman–Crippen MR) is 76.5 cm³/mol. The van der Waals surface area contributed by atoms with Crippen LogP contribution in [-0.4, -0.2) is 41.5 Å². The number of rotatable bonds is 8. The van der Waals surface area contributed by atoms with Gasteiger partial charge in [-0.2, -0.15) is 0 Å². The first-order valence-corrected chi connectivity index (χ1v) is 6.81. The molecule has 3 N–H and O–H groups in total. The standard InChI is InChI=1S/C14H24N4O/c1-3-16-14(19)9-13(10-15)18(4-2)11-12-7-5-6-8-17-12/h5-8,13H,3-4,9-11,15H2,1-2H3,(H,16,19). The lowest BCUT2D eigenvalue weighted by atomic mass is 10.1. The van der Waals surface area contributed by atoms with Crippen molar-refractivity contribution in [3.63, 3.8) is 0 Å². The van der Waals surface area contributed by atoms with Crippen LogP contribution in [0.3, 0.4) is 0 Å². The Bertz CT molecular complexity index is 369. The van der Waals surface area contributed by atoms with E-state index < -0.39 is 0 Å². The summed E-state index contributed by atoms with van der Waals surface area (Å²) < 4.78 is 0. The summed E-state index contributed by atoms with van der Waals surface area (Å²) in [5.41, 5.74) is 6.80. The highest BCUT2D eigenvalue weighted by molar-refractivity contribution is 5.76. The Kier molecular flexibility index (Phi) is 7.07. The summed E-state index contributed by atoms with van der Waals surface area (Å²) in [5.74, 6) is 0.0532. The molecule has 5 heteroatoms. The smallest absolute Gasteiger partial charge is 0.221 e. The van der Waals surface area contributed by atoms with E-state index in [1.807, 2.05) is 25.1 Å². The molecule has 0 aromatic carbocycles. The molecule has 0 fully saturated rings. The van der Waals surface area contributed by atoms with Crippen LogP contribution in [-0.2, 0) is 11.3 Å². The lowest BCUT2D eigenvalue weighted by Gasteiger charge is -2.29. The number of aromatic nitrogens is 1. The van der Waals surface area contributed by atoms with Gasteiger partial charge in [-0.25, -0.2) is 0 Å². The van der Waals surface area contributed by atoms with E-state index in [1.165, 1.54) is 0 Å². The van der Waals surface area contributed by atoms with Crippen LogP contribution in [0.15, 0.2) is 24.4 Å². The van der Waals surface area contributed by atoms with E-state index in [-0.39, 0.29) is 11.9 Å². The van der Waals surface area contributed by atoms with E-state index in [9.17, 15) is 4.79 Å². The van der Waals surface area contributed by atoms with Crippen molar-refractivity contribution in [2.24, 2.45) is 5.73 Å². The number of pyridine rings is 1. The van der Waals surface area contributed by atoms with Crippen LogP contribution in [0.5, 0.6) is 0 Å². The molecule has 5 nitrogen and oxygen atoms in total. The Hall–Kier alpha value is -1.46. The van der Waals surface area contributed by atoms with Gasteiger partial charge in [0, 0.05) is 38.3 Å². The Morgan fingerprint density at radius 3 is 2.79 bits per heavy atom. The van der Waals surface area contributed by atoms with Gasteiger partial charge in [0.1, 0.15) is 0 Å². The van der Waals surface area contributed by atoms with E-state index >= 15 is 0 Å². The number of carbonyl (C=O) groups excluding carboxylic acids is 1. The second-order valence-corrected chi connectivity index (χ2v) is 4.43. The molecule has 0 saturated carbocycles. The molecule has 0 bridgehead atoms. The molecular formula is C14H24N4O. The average Bonchev–Trinajstić information content (AvgIpc) is 2.44. The van der Waals surface area contributed by atoms with Crippen molar-refractivity contribution in [2.75, 3.05) is 19.6 Å². The molecule has 0 saturated heterocycles. The summed E-state index contributed by atoms with van der Waals surface area (Å²) in [6, 6.07) is 5.91. The van der Waals surface area contributed by atoms with Crippen molar-refractivity contribution < 1.29 is 4.79 Å². The largest absolute Gasteiger partial charge is 0.356 e. The molecule has 0 aliphatic rings. The monoisotopic (exact) mass is 264 g/mol. The van der Waals surface area contributed by atoms with Crippen molar-refractivity contribution in [1.82, 2.24) is 15.2 Å². The van der Waals surface area contributed by atoms with E-state index in [0.717, 1.165) is 18.8 Å². The van der Waals surface area contributed by atoms with Gasteiger partial charge in [0.05, 0.1) is 5.69 Å². The minimum atomic E-state index is 0.0532. The van der Waals surface area contributed by atoms with Gasteiger partial charge < -0.3 is 11.1 Å². The number of likely N-dealkylation sites (N-methyl/N-ethyl adjacent to an activating group) is 1. The SMILES string of the molecule is CCNC(=O)CC(CN)N(CC)Cc1ccccn1. The van der Waals surface area contributed by atoms with Crippen LogP contribution in [0.25, 0.3) is 0 Å². The quantitative estimate of drug-likeness (QED) is 0.727. The van der Waals surface area contributed by atoms with Gasteiger partial charge in [-0.15, -0.1) is 0 Å². The number of amides is 1. The highest BCUT2D eigenvalue weighted by atomic mass is 16.1. The molecule has 0 aliphatic heterocycles. The normalized spacial score (nSPS) is 12.4. The van der Waals surface area contributed by atoms with E-state index in [1.54, 1.807) is 6.20 Å². The molecule has 1 aromatic heterocycles. The molecule has 0 radical (unpaired) electrons. The van der Waals surface area contributed by atoms with Crippen molar-refractivity contribution in [2.45, 2.75) is 32.9 Å². The number of carbonyl (C=O) groups is 1. The maximum absolute atomic E-state index is 11.7. The fourth-order valence-electron chi connectivity index (χ4n) is 2.04. The summed E-state index contributed by atoms with van der Waals surface area (Å²) in [7, 11) is 0. The average molecular weight is 264 g/mol. The number of nitrogens with zero attached hydrogens (tertiary/aromatic N) is 2. The summed E-state index contributed by atoms with van der Waals surface area (Å²) in [6.07, 6.45) is 2.22. The second-order valence-electron chi connectivity index (χ2n) is 4.43. The second kappa shape index (κ2) is 8.61. The first kappa shape index (κ1) is 15.6. The zero-order valence-electron chi connectivity index (χ0n) is 11.8. The van der Waals surface area contributed by atoms with Gasteiger partial charge in [0.15, 0.2) is 0 Å². The van der Waals surface area contributed by atoms with Gasteiger partial charge in [-0.1, -0.05) is 13.0 Å². The van der Waals surface area contributed by atoms with Crippen LogP contribution in [0.4, 0.5) is 0 Å². The lowest BCUT2D eigenvalue weighted by Crippen LogP contribution is -2.43. The Labute approximate surface area is 115 Å². The molecule has 1 unspecified atom stereocenters. The summed E-state index contributed by atoms with van der Waals surface area (Å²) >= 11 is 0. The topological polar surface area (TPSA) is 71.2 Å². The number of hydrogen-bond donors (Lipinski definition) is 2. The molecule has 1 aromatic rings. The highest BCUT2D eigenvalue weighted by Crippen LogP contribution is 2.08. The number of hydrogen-bond acceptors (Lipinski definition) is 4. The Balaban J connectivity index is 2.62. The van der Waals surface area contributed by atoms with Gasteiger partial charge in [0.25, 0.3) is 0 Å². The third kappa shape index (κ3) is 5.36. The van der Waals surface area contributed by atoms with Crippen LogP contribution in [0, 0.1) is 0 Å². The summed E-state index contributed by atoms with van der Waals surface area (Å²) in [4.78, 5) is 18.2. The number of nitrogens with two attached hydrogens (primary N) is 1. The van der Waals surface area contributed by atoms with E-state index in [0.29, 0.717) is 19.5 Å². The van der Waals surface area contributed by atoms with Gasteiger partial charge in [-0.3, -0.25) is 14.7 Å². The highest BCUT2D eigenvalue weighted by Gasteiger charge is 2.19. The minimum absolute atomic E-state index is 0.0532. The van der Waals surface area contributed by atoms with Crippen molar-refractivity contribution >= 4 is 5.91 Å². The minimum Gasteiger partial charge on any atom is -0.356 e. The van der Waals surface area contributed by atoms with E-state index in [2.05, 4.69) is 22.1 Å². The van der Waals surface area contributed by atoms with Crippen LogP contribution in [0.1, 0.15) is 26.0 Å². The summed E-state index contributed by atoms with van der Waals surface area (Å²) in [6.45, 7) is 6.68. The molecule has 106 valence electrons. The fraction of sp³-hybridized carbons (Fsp3) is 0.571. The fourth-order valence-corrected chi connectivity index (χ4v) is 2.04. The van der Waals surface area contributed by atoms with E-state index in [4.69, 9.17) is 5.73 Å². The Morgan fingerprint density at radius 1 is 1.47 bits per heavy atom. The van der Waals surface area contributed by atoms with Gasteiger partial charge in [-0.05, 0) is 25.6 Å². The van der Waals surface area contributed by atoms with Crippen molar-refractivity contribution in [3.8, 4) is 0 Å². The molecule has 1 amide bonds. The molecule has 1 heterocycles. The molecule has 1 atom stereocenters. The molecular weight excluding hydrogens is 240 g/mol. The van der Waals surface area contributed by atoms with Gasteiger partial charge in [0.2, 0.25) is 5.91 Å². The zero-order valence-corrected chi connectivity index (χ0v) is 11.8. The molecule has 1 rings (SSSR count). The van der Waals surface area contributed by atoms with Crippen molar-refractivity contribution in [1.29, 1.82) is 0 Å². The third-order valence-electron chi connectivity index (χ3n) is 3.08. The van der Waals surface area contributed by atoms with Crippen LogP contribution >= 0.6 is 0 Å². The number of nitrogens with one attached hydrogen (secondary N) is 1. The van der Waals surface area contributed by atoms with Crippen molar-refractivity contribution in [3.05, 3.63) is 30.1 Å². The zero-order chi connectivity index (χ0) is 14.1.